The summed E-state index contributed by atoms with van der Waals surface area (Å²) in [6, 6.07) is 16.6. The van der Waals surface area contributed by atoms with Crippen LogP contribution in [0.1, 0.15) is 29.5 Å². The fourth-order valence-electron chi connectivity index (χ4n) is 3.91. The fourth-order valence-corrected chi connectivity index (χ4v) is 3.91. The van der Waals surface area contributed by atoms with Gasteiger partial charge in [-0.15, -0.1) is 0 Å². The van der Waals surface area contributed by atoms with E-state index in [-0.39, 0.29) is 11.8 Å². The van der Waals surface area contributed by atoms with Crippen molar-refractivity contribution in [1.82, 2.24) is 4.98 Å². The standard InChI is InChI=1S/C24H27N3O2/c1-16-6-7-17(2)20(14-16)15-29-21-5-3-4-18-8-9-22(26-23(18)21)27-12-10-19(11-13-27)24(25)28/h3-9,14,19H,10-13,15H2,1-2H3,(H2,25,28). The Balaban J connectivity index is 1.56. The van der Waals surface area contributed by atoms with Crippen LogP contribution in [-0.4, -0.2) is 24.0 Å². The first-order chi connectivity index (χ1) is 14.0. The van der Waals surface area contributed by atoms with Crippen LogP contribution < -0.4 is 15.4 Å². The minimum absolute atomic E-state index is 0.0248. The molecule has 1 saturated heterocycles. The Morgan fingerprint density at radius 1 is 1.14 bits per heavy atom. The topological polar surface area (TPSA) is 68.5 Å². The molecule has 1 amide bonds. The lowest BCUT2D eigenvalue weighted by molar-refractivity contribution is -0.122. The molecule has 3 aromatic rings. The number of carbonyl (C=O) groups is 1. The Morgan fingerprint density at radius 2 is 1.93 bits per heavy atom. The molecule has 5 heteroatoms. The van der Waals surface area contributed by atoms with Gasteiger partial charge in [0.2, 0.25) is 5.91 Å². The first-order valence-corrected chi connectivity index (χ1v) is 10.1. The molecule has 0 unspecified atom stereocenters. The fraction of sp³-hybridized carbons (Fsp3) is 0.333. The number of aryl methyl sites for hydroxylation is 2. The second-order valence-corrected chi connectivity index (χ2v) is 7.88. The maximum atomic E-state index is 11.4. The van der Waals surface area contributed by atoms with Gasteiger partial charge in [-0.25, -0.2) is 4.98 Å². The van der Waals surface area contributed by atoms with E-state index >= 15 is 0 Å². The summed E-state index contributed by atoms with van der Waals surface area (Å²) in [7, 11) is 0. The highest BCUT2D eigenvalue weighted by Gasteiger charge is 2.24. The molecule has 2 aromatic carbocycles. The van der Waals surface area contributed by atoms with Crippen LogP contribution in [0.15, 0.2) is 48.5 Å². The van der Waals surface area contributed by atoms with E-state index in [0.717, 1.165) is 48.4 Å². The van der Waals surface area contributed by atoms with Crippen molar-refractivity contribution in [3.63, 3.8) is 0 Å². The maximum absolute atomic E-state index is 11.4. The molecule has 0 bridgehead atoms. The number of rotatable bonds is 5. The number of piperidine rings is 1. The number of primary amides is 1. The second kappa shape index (κ2) is 8.11. The maximum Gasteiger partial charge on any atom is 0.220 e. The average molecular weight is 389 g/mol. The van der Waals surface area contributed by atoms with E-state index in [2.05, 4.69) is 49.1 Å². The first kappa shape index (κ1) is 19.2. The lowest BCUT2D eigenvalue weighted by Crippen LogP contribution is -2.38. The molecule has 2 heterocycles. The van der Waals surface area contributed by atoms with E-state index in [1.54, 1.807) is 0 Å². The smallest absolute Gasteiger partial charge is 0.220 e. The Morgan fingerprint density at radius 3 is 2.69 bits per heavy atom. The molecule has 4 rings (SSSR count). The van der Waals surface area contributed by atoms with E-state index in [1.807, 2.05) is 18.2 Å². The first-order valence-electron chi connectivity index (χ1n) is 10.1. The molecule has 1 aliphatic rings. The summed E-state index contributed by atoms with van der Waals surface area (Å²) in [5, 5.41) is 1.05. The number of nitrogens with two attached hydrogens (primary N) is 1. The van der Waals surface area contributed by atoms with E-state index in [1.165, 1.54) is 16.7 Å². The Kier molecular flexibility index (Phi) is 5.38. The molecule has 2 N–H and O–H groups in total. The quantitative estimate of drug-likeness (QED) is 0.712. The molecule has 1 aliphatic heterocycles. The zero-order chi connectivity index (χ0) is 20.4. The molecular formula is C24H27N3O2. The van der Waals surface area contributed by atoms with Crippen LogP contribution in [0.25, 0.3) is 10.9 Å². The zero-order valence-electron chi connectivity index (χ0n) is 17.0. The van der Waals surface area contributed by atoms with Crippen LogP contribution in [0.4, 0.5) is 5.82 Å². The SMILES string of the molecule is Cc1ccc(C)c(COc2cccc3ccc(N4CCC(C(N)=O)CC4)nc23)c1. The molecular weight excluding hydrogens is 362 g/mol. The number of pyridine rings is 1. The molecule has 0 radical (unpaired) electrons. The number of anilines is 1. The van der Waals surface area contributed by atoms with Crippen molar-refractivity contribution in [3.8, 4) is 5.75 Å². The van der Waals surface area contributed by atoms with Gasteiger partial charge in [-0.05, 0) is 56.0 Å². The molecule has 0 atom stereocenters. The number of hydrogen-bond acceptors (Lipinski definition) is 4. The number of benzene rings is 2. The van der Waals surface area contributed by atoms with Crippen molar-refractivity contribution >= 4 is 22.6 Å². The van der Waals surface area contributed by atoms with E-state index in [9.17, 15) is 4.79 Å². The second-order valence-electron chi connectivity index (χ2n) is 7.88. The van der Waals surface area contributed by atoms with Gasteiger partial charge in [0.25, 0.3) is 0 Å². The summed E-state index contributed by atoms with van der Waals surface area (Å²) < 4.78 is 6.19. The van der Waals surface area contributed by atoms with Gasteiger partial charge in [0.15, 0.2) is 0 Å². The van der Waals surface area contributed by atoms with Crippen molar-refractivity contribution in [2.45, 2.75) is 33.3 Å². The Hall–Kier alpha value is -3.08. The summed E-state index contributed by atoms with van der Waals surface area (Å²) in [5.74, 6) is 1.49. The third-order valence-electron chi connectivity index (χ3n) is 5.78. The van der Waals surface area contributed by atoms with Crippen LogP contribution in [0.3, 0.4) is 0 Å². The lowest BCUT2D eigenvalue weighted by atomic mass is 9.96. The van der Waals surface area contributed by atoms with Gasteiger partial charge in [-0.1, -0.05) is 35.9 Å². The Bertz CT molecular complexity index is 1040. The van der Waals surface area contributed by atoms with Gasteiger partial charge in [-0.2, -0.15) is 0 Å². The van der Waals surface area contributed by atoms with Crippen molar-refractivity contribution in [2.24, 2.45) is 11.7 Å². The molecule has 150 valence electrons. The van der Waals surface area contributed by atoms with Crippen LogP contribution in [0.5, 0.6) is 5.75 Å². The highest BCUT2D eigenvalue weighted by atomic mass is 16.5. The molecule has 0 saturated carbocycles. The molecule has 1 fully saturated rings. The minimum Gasteiger partial charge on any atom is -0.487 e. The number of fused-ring (bicyclic) bond motifs is 1. The average Bonchev–Trinajstić information content (AvgIpc) is 2.74. The van der Waals surface area contributed by atoms with Gasteiger partial charge >= 0.3 is 0 Å². The molecule has 1 aromatic heterocycles. The number of ether oxygens (including phenoxy) is 1. The van der Waals surface area contributed by atoms with Crippen LogP contribution >= 0.6 is 0 Å². The number of amides is 1. The van der Waals surface area contributed by atoms with Crippen LogP contribution in [0.2, 0.25) is 0 Å². The summed E-state index contributed by atoms with van der Waals surface area (Å²) in [6.07, 6.45) is 1.56. The predicted molar refractivity (Wildman–Crippen MR) is 116 cm³/mol. The van der Waals surface area contributed by atoms with Crippen LogP contribution in [0, 0.1) is 19.8 Å². The van der Waals surface area contributed by atoms with Gasteiger partial charge in [-0.3, -0.25) is 4.79 Å². The van der Waals surface area contributed by atoms with Gasteiger partial charge in [0.1, 0.15) is 23.7 Å². The van der Waals surface area contributed by atoms with Gasteiger partial charge in [0.05, 0.1) is 0 Å². The third kappa shape index (κ3) is 4.19. The van der Waals surface area contributed by atoms with Gasteiger partial charge < -0.3 is 15.4 Å². The van der Waals surface area contributed by atoms with Crippen molar-refractivity contribution in [2.75, 3.05) is 18.0 Å². The summed E-state index contributed by atoms with van der Waals surface area (Å²) >= 11 is 0. The zero-order valence-corrected chi connectivity index (χ0v) is 17.0. The van der Waals surface area contributed by atoms with E-state index in [0.29, 0.717) is 6.61 Å². The third-order valence-corrected chi connectivity index (χ3v) is 5.78. The monoisotopic (exact) mass is 389 g/mol. The largest absolute Gasteiger partial charge is 0.487 e. The molecule has 29 heavy (non-hydrogen) atoms. The van der Waals surface area contributed by atoms with Crippen LogP contribution in [-0.2, 0) is 11.4 Å². The molecule has 0 spiro atoms. The Labute approximate surface area is 171 Å². The summed E-state index contributed by atoms with van der Waals surface area (Å²) in [4.78, 5) is 18.6. The molecule has 5 nitrogen and oxygen atoms in total. The number of hydrogen-bond donors (Lipinski definition) is 1. The molecule has 0 aliphatic carbocycles. The van der Waals surface area contributed by atoms with Crippen molar-refractivity contribution < 1.29 is 9.53 Å². The summed E-state index contributed by atoms with van der Waals surface area (Å²) in [5.41, 5.74) is 9.96. The van der Waals surface area contributed by atoms with E-state index < -0.39 is 0 Å². The van der Waals surface area contributed by atoms with Gasteiger partial charge in [0, 0.05) is 24.4 Å². The lowest BCUT2D eigenvalue weighted by Gasteiger charge is -2.31. The number of aromatic nitrogens is 1. The van der Waals surface area contributed by atoms with E-state index in [4.69, 9.17) is 15.5 Å². The predicted octanol–water partition coefficient (Wildman–Crippen LogP) is 4.13. The number of carbonyl (C=O) groups excluding carboxylic acids is 1. The van der Waals surface area contributed by atoms with Crippen molar-refractivity contribution in [3.05, 3.63) is 65.2 Å². The minimum atomic E-state index is -0.196. The summed E-state index contributed by atoms with van der Waals surface area (Å²) in [6.45, 7) is 6.29. The van der Waals surface area contributed by atoms with Crippen molar-refractivity contribution in [1.29, 1.82) is 0 Å². The normalized spacial score (nSPS) is 14.9. The highest BCUT2D eigenvalue weighted by Crippen LogP contribution is 2.29. The number of nitrogens with zero attached hydrogens (tertiary/aromatic N) is 2. The number of para-hydroxylation sites is 1. The highest BCUT2D eigenvalue weighted by molar-refractivity contribution is 5.86.